The number of hydrogen-bond donors (Lipinski definition) is 2. The van der Waals surface area contributed by atoms with E-state index in [-0.39, 0.29) is 12.4 Å². The summed E-state index contributed by atoms with van der Waals surface area (Å²) in [5.74, 6) is -0.000126. The molecule has 0 saturated heterocycles. The Kier molecular flexibility index (Phi) is 9.92. The third-order valence-corrected chi connectivity index (χ3v) is 5.41. The van der Waals surface area contributed by atoms with Crippen molar-refractivity contribution in [3.05, 3.63) is 89.1 Å². The topological polar surface area (TPSA) is 70.4 Å². The fraction of sp³-hybridized carbons (Fsp3) is 0.241. The molecule has 0 fully saturated rings. The maximum absolute atomic E-state index is 12.3. The van der Waals surface area contributed by atoms with Gasteiger partial charge in [0.15, 0.2) is 5.78 Å². The van der Waals surface area contributed by atoms with Crippen molar-refractivity contribution in [2.24, 2.45) is 0 Å². The predicted octanol–water partition coefficient (Wildman–Crippen LogP) is 6.14. The fourth-order valence-electron chi connectivity index (χ4n) is 3.78. The second-order valence-electron chi connectivity index (χ2n) is 7.67. The number of nitrogens with zero attached hydrogens (tertiary/aromatic N) is 1. The molecule has 0 amide bonds. The highest BCUT2D eigenvalue weighted by Gasteiger charge is 2.15. The molecular weight excluding hydrogens is 410 g/mol. The van der Waals surface area contributed by atoms with Crippen molar-refractivity contribution in [3.8, 4) is 22.4 Å². The summed E-state index contributed by atoms with van der Waals surface area (Å²) in [5, 5.41) is 16.0. The van der Waals surface area contributed by atoms with Crippen LogP contribution >= 0.6 is 0 Å². The second kappa shape index (κ2) is 12.6. The molecule has 4 nitrogen and oxygen atoms in total. The predicted molar refractivity (Wildman–Crippen MR) is 138 cm³/mol. The van der Waals surface area contributed by atoms with Crippen LogP contribution in [0.3, 0.4) is 0 Å². The second-order valence-corrected chi connectivity index (χ2v) is 7.67. The van der Waals surface area contributed by atoms with E-state index in [0.717, 1.165) is 59.2 Å². The molecule has 0 aliphatic rings. The van der Waals surface area contributed by atoms with Gasteiger partial charge in [-0.05, 0) is 68.0 Å². The van der Waals surface area contributed by atoms with E-state index in [2.05, 4.69) is 56.0 Å². The van der Waals surface area contributed by atoms with Crippen molar-refractivity contribution in [1.29, 1.82) is 0 Å². The molecule has 0 atom stereocenters. The number of carbonyl (C=O) groups excluding carboxylic acids is 1. The first-order valence-corrected chi connectivity index (χ1v) is 11.1. The van der Waals surface area contributed by atoms with Gasteiger partial charge >= 0.3 is 0 Å². The zero-order valence-electron chi connectivity index (χ0n) is 19.9. The Morgan fingerprint density at radius 3 is 2.27 bits per heavy atom. The number of allylic oxidation sites excluding steroid dienone is 1. The van der Waals surface area contributed by atoms with Crippen molar-refractivity contribution >= 4 is 17.9 Å². The third-order valence-electron chi connectivity index (χ3n) is 5.41. The molecule has 172 valence electrons. The van der Waals surface area contributed by atoms with Crippen molar-refractivity contribution in [3.63, 3.8) is 0 Å². The van der Waals surface area contributed by atoms with Crippen LogP contribution in [0.2, 0.25) is 0 Å². The molecule has 0 radical (unpaired) electrons. The van der Waals surface area contributed by atoms with E-state index >= 15 is 0 Å². The first-order valence-electron chi connectivity index (χ1n) is 11.1. The van der Waals surface area contributed by atoms with E-state index < -0.39 is 0 Å². The number of benzene rings is 2. The van der Waals surface area contributed by atoms with E-state index in [4.69, 9.17) is 15.2 Å². The van der Waals surface area contributed by atoms with Gasteiger partial charge in [-0.2, -0.15) is 0 Å². The number of rotatable bonds is 8. The van der Waals surface area contributed by atoms with Gasteiger partial charge < -0.3 is 10.2 Å². The van der Waals surface area contributed by atoms with Crippen LogP contribution in [0.15, 0.2) is 61.2 Å². The van der Waals surface area contributed by atoms with Gasteiger partial charge in [0.25, 0.3) is 0 Å². The summed E-state index contributed by atoms with van der Waals surface area (Å²) in [6.07, 6.45) is 7.19. The average molecular weight is 444 g/mol. The Morgan fingerprint density at radius 1 is 1.06 bits per heavy atom. The molecule has 1 heterocycles. The fourth-order valence-corrected chi connectivity index (χ4v) is 3.78. The van der Waals surface area contributed by atoms with Gasteiger partial charge in [0.05, 0.1) is 11.4 Å². The van der Waals surface area contributed by atoms with Crippen LogP contribution in [-0.2, 0) is 6.42 Å². The average Bonchev–Trinajstić information content (AvgIpc) is 2.84. The highest BCUT2D eigenvalue weighted by atomic mass is 16.3. The molecule has 4 heteroatoms. The lowest BCUT2D eigenvalue weighted by Crippen LogP contribution is -2.03. The molecule has 3 aromatic rings. The first kappa shape index (κ1) is 25.9. The van der Waals surface area contributed by atoms with E-state index in [9.17, 15) is 4.79 Å². The summed E-state index contributed by atoms with van der Waals surface area (Å²) >= 11 is 0. The van der Waals surface area contributed by atoms with Crippen LogP contribution in [0, 0.1) is 6.92 Å². The molecule has 0 spiro atoms. The van der Waals surface area contributed by atoms with Crippen LogP contribution in [0.5, 0.6) is 0 Å². The molecule has 0 aliphatic carbocycles. The molecule has 0 saturated carbocycles. The number of carbonyl (C=O) groups is 1. The van der Waals surface area contributed by atoms with Crippen molar-refractivity contribution < 1.29 is 15.0 Å². The minimum atomic E-state index is -0.000126. The van der Waals surface area contributed by atoms with E-state index in [1.165, 1.54) is 5.56 Å². The molecule has 2 aromatic carbocycles. The minimum Gasteiger partial charge on any atom is -0.400 e. The maximum Gasteiger partial charge on any atom is 0.160 e. The standard InChI is InChI=1S/C28H29NO2.CH4O/c1-5-8-27-24(6-2)26(20(4)31)18-28(29-27)25-15-14-23(17-19(25)3)22-12-10-21(11-13-22)9-7-16-30;1-2/h5-6,8,10-15,17-18,30H,2,7,9,16H2,1,3-4H3;2H,1H3/b8-5-;. The Bertz CT molecular complexity index is 1130. The smallest absolute Gasteiger partial charge is 0.160 e. The lowest BCUT2D eigenvalue weighted by molar-refractivity contribution is 0.101. The largest absolute Gasteiger partial charge is 0.400 e. The van der Waals surface area contributed by atoms with E-state index in [1.54, 1.807) is 13.0 Å². The summed E-state index contributed by atoms with van der Waals surface area (Å²) < 4.78 is 0. The van der Waals surface area contributed by atoms with Gasteiger partial charge in [0.2, 0.25) is 0 Å². The van der Waals surface area contributed by atoms with Crippen molar-refractivity contribution in [2.45, 2.75) is 33.6 Å². The SMILES string of the molecule is C=Cc1c(C(C)=O)cc(-c2ccc(-c3ccc(CCCO)cc3)cc2C)nc1/C=C\C.CO. The van der Waals surface area contributed by atoms with Gasteiger partial charge in [0, 0.05) is 30.4 Å². The van der Waals surface area contributed by atoms with Gasteiger partial charge in [-0.25, -0.2) is 4.98 Å². The molecule has 3 rings (SSSR count). The summed E-state index contributed by atoms with van der Waals surface area (Å²) in [6.45, 7) is 9.66. The van der Waals surface area contributed by atoms with Crippen LogP contribution in [0.4, 0.5) is 0 Å². The Labute approximate surface area is 197 Å². The van der Waals surface area contributed by atoms with E-state index in [1.807, 2.05) is 25.1 Å². The van der Waals surface area contributed by atoms with Gasteiger partial charge in [0.1, 0.15) is 0 Å². The number of pyridine rings is 1. The third kappa shape index (κ3) is 6.35. The molecule has 0 bridgehead atoms. The normalized spacial score (nSPS) is 10.6. The number of hydrogen-bond acceptors (Lipinski definition) is 4. The summed E-state index contributed by atoms with van der Waals surface area (Å²) in [7, 11) is 1.00. The Balaban J connectivity index is 0.00000187. The lowest BCUT2D eigenvalue weighted by atomic mass is 9.94. The summed E-state index contributed by atoms with van der Waals surface area (Å²) in [6, 6.07) is 16.7. The van der Waals surface area contributed by atoms with Gasteiger partial charge in [-0.15, -0.1) is 0 Å². The molecule has 33 heavy (non-hydrogen) atoms. The maximum atomic E-state index is 12.3. The Morgan fingerprint density at radius 2 is 1.73 bits per heavy atom. The van der Waals surface area contributed by atoms with Crippen LogP contribution < -0.4 is 0 Å². The number of aliphatic hydroxyl groups is 2. The lowest BCUT2D eigenvalue weighted by Gasteiger charge is -2.13. The highest BCUT2D eigenvalue weighted by Crippen LogP contribution is 2.30. The van der Waals surface area contributed by atoms with Crippen LogP contribution in [0.25, 0.3) is 34.5 Å². The number of aromatic nitrogens is 1. The van der Waals surface area contributed by atoms with Crippen molar-refractivity contribution in [1.82, 2.24) is 4.98 Å². The number of aryl methyl sites for hydroxylation is 2. The monoisotopic (exact) mass is 443 g/mol. The minimum absolute atomic E-state index is 0.000126. The molecular formula is C29H33NO3. The molecule has 0 aliphatic heterocycles. The zero-order chi connectivity index (χ0) is 24.4. The van der Waals surface area contributed by atoms with Crippen LogP contribution in [0.1, 0.15) is 53.0 Å². The number of aliphatic hydroxyl groups excluding tert-OH is 2. The highest BCUT2D eigenvalue weighted by molar-refractivity contribution is 5.99. The quantitative estimate of drug-likeness (QED) is 0.411. The molecule has 2 N–H and O–H groups in total. The number of ketones is 1. The molecule has 1 aromatic heterocycles. The zero-order valence-corrected chi connectivity index (χ0v) is 19.9. The Hall–Kier alpha value is -3.34. The molecule has 0 unspecified atom stereocenters. The van der Waals surface area contributed by atoms with Gasteiger partial charge in [-0.1, -0.05) is 61.2 Å². The summed E-state index contributed by atoms with van der Waals surface area (Å²) in [5.41, 5.74) is 8.56. The summed E-state index contributed by atoms with van der Waals surface area (Å²) in [4.78, 5) is 17.1. The van der Waals surface area contributed by atoms with Crippen molar-refractivity contribution in [2.75, 3.05) is 13.7 Å². The number of Topliss-reactive ketones (excluding diaryl/α,β-unsaturated/α-hetero) is 1. The van der Waals surface area contributed by atoms with E-state index in [0.29, 0.717) is 5.56 Å². The first-order chi connectivity index (χ1) is 16.0. The van der Waals surface area contributed by atoms with Crippen LogP contribution in [-0.4, -0.2) is 34.7 Å². The van der Waals surface area contributed by atoms with Gasteiger partial charge in [-0.3, -0.25) is 4.79 Å².